The average Bonchev–Trinajstić information content (AvgIpc) is 2.51. The van der Waals surface area contributed by atoms with E-state index in [1.165, 1.54) is 48.1 Å². The molecular formula is C14H19N. The maximum absolute atomic E-state index is 4.59. The van der Waals surface area contributed by atoms with Crippen LogP contribution in [0.5, 0.6) is 0 Å². The Balaban J connectivity index is 2.31. The third-order valence-corrected chi connectivity index (χ3v) is 3.25. The zero-order valence-corrected chi connectivity index (χ0v) is 9.55. The van der Waals surface area contributed by atoms with Crippen molar-refractivity contribution < 1.29 is 0 Å². The number of allylic oxidation sites excluding steroid dienone is 1. The molecule has 1 aliphatic carbocycles. The molecule has 0 saturated carbocycles. The molecule has 0 fully saturated rings. The molecule has 80 valence electrons. The van der Waals surface area contributed by atoms with E-state index < -0.39 is 0 Å². The van der Waals surface area contributed by atoms with Crippen LogP contribution in [0.4, 0.5) is 0 Å². The first-order valence-corrected chi connectivity index (χ1v) is 5.97. The van der Waals surface area contributed by atoms with Crippen molar-refractivity contribution >= 4 is 5.57 Å². The van der Waals surface area contributed by atoms with Gasteiger partial charge in [0.1, 0.15) is 0 Å². The van der Waals surface area contributed by atoms with Crippen molar-refractivity contribution in [2.24, 2.45) is 0 Å². The van der Waals surface area contributed by atoms with Crippen molar-refractivity contribution in [3.8, 4) is 0 Å². The molecule has 0 aromatic carbocycles. The fourth-order valence-corrected chi connectivity index (χ4v) is 2.16. The standard InChI is InChI=1S/C14H19N/c1-3-11(2)13-9-12-7-5-4-6-8-14(12)15-10-13/h9-10H,2-8H2,1H3. The Hall–Kier alpha value is -1.11. The third kappa shape index (κ3) is 2.28. The monoisotopic (exact) mass is 201 g/mol. The molecule has 0 amide bonds. The van der Waals surface area contributed by atoms with Crippen LogP contribution in [0.2, 0.25) is 0 Å². The van der Waals surface area contributed by atoms with Gasteiger partial charge in [-0.15, -0.1) is 0 Å². The van der Waals surface area contributed by atoms with Gasteiger partial charge in [0.05, 0.1) is 0 Å². The first kappa shape index (κ1) is 10.4. The zero-order valence-electron chi connectivity index (χ0n) is 9.55. The predicted octanol–water partition coefficient (Wildman–Crippen LogP) is 3.77. The molecule has 0 N–H and O–H groups in total. The molecule has 0 spiro atoms. The summed E-state index contributed by atoms with van der Waals surface area (Å²) in [5.41, 5.74) is 5.22. The van der Waals surface area contributed by atoms with E-state index in [2.05, 4.69) is 24.6 Å². The fourth-order valence-electron chi connectivity index (χ4n) is 2.16. The number of aromatic nitrogens is 1. The molecule has 0 atom stereocenters. The van der Waals surface area contributed by atoms with Crippen molar-refractivity contribution in [1.82, 2.24) is 4.98 Å². The van der Waals surface area contributed by atoms with Crippen LogP contribution in [0.3, 0.4) is 0 Å². The number of hydrogen-bond acceptors (Lipinski definition) is 1. The van der Waals surface area contributed by atoms with Crippen LogP contribution >= 0.6 is 0 Å². The molecular weight excluding hydrogens is 182 g/mol. The number of aryl methyl sites for hydroxylation is 2. The van der Waals surface area contributed by atoms with Gasteiger partial charge in [0.15, 0.2) is 0 Å². The highest BCUT2D eigenvalue weighted by Gasteiger charge is 2.10. The molecule has 1 heteroatoms. The van der Waals surface area contributed by atoms with Gasteiger partial charge in [-0.3, -0.25) is 4.98 Å². The normalized spacial score (nSPS) is 15.5. The Morgan fingerprint density at radius 3 is 2.93 bits per heavy atom. The molecule has 0 aliphatic heterocycles. The van der Waals surface area contributed by atoms with Crippen molar-refractivity contribution in [1.29, 1.82) is 0 Å². The van der Waals surface area contributed by atoms with E-state index >= 15 is 0 Å². The maximum atomic E-state index is 4.59. The highest BCUT2D eigenvalue weighted by atomic mass is 14.7. The van der Waals surface area contributed by atoms with Gasteiger partial charge in [0.2, 0.25) is 0 Å². The second kappa shape index (κ2) is 4.61. The van der Waals surface area contributed by atoms with Gasteiger partial charge in [0.25, 0.3) is 0 Å². The minimum absolute atomic E-state index is 1.01. The Kier molecular flexibility index (Phi) is 3.20. The Bertz CT molecular complexity index is 366. The molecule has 1 heterocycles. The largest absolute Gasteiger partial charge is 0.260 e. The van der Waals surface area contributed by atoms with Gasteiger partial charge in [0, 0.05) is 11.9 Å². The lowest BCUT2D eigenvalue weighted by molar-refractivity contribution is 0.708. The second-order valence-electron chi connectivity index (χ2n) is 4.35. The van der Waals surface area contributed by atoms with Crippen LogP contribution in [0.15, 0.2) is 18.8 Å². The molecule has 2 rings (SSSR count). The van der Waals surface area contributed by atoms with Crippen molar-refractivity contribution in [3.05, 3.63) is 35.7 Å². The molecule has 0 bridgehead atoms. The summed E-state index contributed by atoms with van der Waals surface area (Å²) in [6, 6.07) is 2.31. The van der Waals surface area contributed by atoms with Crippen LogP contribution in [-0.4, -0.2) is 4.98 Å². The molecule has 15 heavy (non-hydrogen) atoms. The highest BCUT2D eigenvalue weighted by Crippen LogP contribution is 2.23. The average molecular weight is 201 g/mol. The van der Waals surface area contributed by atoms with E-state index in [9.17, 15) is 0 Å². The minimum Gasteiger partial charge on any atom is -0.260 e. The van der Waals surface area contributed by atoms with Gasteiger partial charge in [-0.2, -0.15) is 0 Å². The number of hydrogen-bond donors (Lipinski definition) is 0. The van der Waals surface area contributed by atoms with Gasteiger partial charge >= 0.3 is 0 Å². The number of pyridine rings is 1. The Morgan fingerprint density at radius 2 is 2.13 bits per heavy atom. The highest BCUT2D eigenvalue weighted by molar-refractivity contribution is 5.63. The minimum atomic E-state index is 1.01. The number of nitrogens with zero attached hydrogens (tertiary/aromatic N) is 1. The van der Waals surface area contributed by atoms with E-state index in [1.54, 1.807) is 0 Å². The van der Waals surface area contributed by atoms with Crippen LogP contribution in [0.25, 0.3) is 5.57 Å². The van der Waals surface area contributed by atoms with E-state index in [-0.39, 0.29) is 0 Å². The number of rotatable bonds is 2. The van der Waals surface area contributed by atoms with Crippen LogP contribution in [0, 0.1) is 0 Å². The summed E-state index contributed by atoms with van der Waals surface area (Å²) in [6.07, 6.45) is 9.34. The van der Waals surface area contributed by atoms with Crippen molar-refractivity contribution in [2.75, 3.05) is 0 Å². The van der Waals surface area contributed by atoms with E-state index in [0.717, 1.165) is 12.8 Å². The Labute approximate surface area is 92.2 Å². The summed E-state index contributed by atoms with van der Waals surface area (Å²) >= 11 is 0. The lowest BCUT2D eigenvalue weighted by Crippen LogP contribution is -1.97. The third-order valence-electron chi connectivity index (χ3n) is 3.25. The Morgan fingerprint density at radius 1 is 1.33 bits per heavy atom. The lowest BCUT2D eigenvalue weighted by atomic mass is 10.0. The van der Waals surface area contributed by atoms with Gasteiger partial charge < -0.3 is 0 Å². The van der Waals surface area contributed by atoms with Crippen LogP contribution in [-0.2, 0) is 12.8 Å². The first-order valence-electron chi connectivity index (χ1n) is 5.97. The summed E-state index contributed by atoms with van der Waals surface area (Å²) in [5.74, 6) is 0. The summed E-state index contributed by atoms with van der Waals surface area (Å²) in [6.45, 7) is 6.22. The summed E-state index contributed by atoms with van der Waals surface area (Å²) in [5, 5.41) is 0. The first-order chi connectivity index (χ1) is 7.31. The second-order valence-corrected chi connectivity index (χ2v) is 4.35. The van der Waals surface area contributed by atoms with Crippen molar-refractivity contribution in [3.63, 3.8) is 0 Å². The van der Waals surface area contributed by atoms with E-state index in [1.807, 2.05) is 6.20 Å². The van der Waals surface area contributed by atoms with Gasteiger partial charge in [-0.05, 0) is 54.9 Å². The van der Waals surface area contributed by atoms with E-state index in [0.29, 0.717) is 0 Å². The SMILES string of the molecule is C=C(CC)c1cnc2c(c1)CCCCC2. The molecule has 0 radical (unpaired) electrons. The van der Waals surface area contributed by atoms with Gasteiger partial charge in [-0.25, -0.2) is 0 Å². The predicted molar refractivity (Wildman–Crippen MR) is 64.8 cm³/mol. The summed E-state index contributed by atoms with van der Waals surface area (Å²) in [4.78, 5) is 4.59. The molecule has 1 aromatic heterocycles. The fraction of sp³-hybridized carbons (Fsp3) is 0.500. The molecule has 1 aromatic rings. The topological polar surface area (TPSA) is 12.9 Å². The molecule has 0 saturated heterocycles. The lowest BCUT2D eigenvalue weighted by Gasteiger charge is -2.08. The van der Waals surface area contributed by atoms with E-state index in [4.69, 9.17) is 0 Å². The smallest absolute Gasteiger partial charge is 0.0436 e. The molecule has 1 nitrogen and oxygen atoms in total. The number of fused-ring (bicyclic) bond motifs is 1. The van der Waals surface area contributed by atoms with Crippen LogP contribution < -0.4 is 0 Å². The summed E-state index contributed by atoms with van der Waals surface area (Å²) in [7, 11) is 0. The maximum Gasteiger partial charge on any atom is 0.0436 e. The van der Waals surface area contributed by atoms with Gasteiger partial charge in [-0.1, -0.05) is 19.9 Å². The zero-order chi connectivity index (χ0) is 10.7. The quantitative estimate of drug-likeness (QED) is 0.664. The molecule has 1 aliphatic rings. The van der Waals surface area contributed by atoms with Crippen molar-refractivity contribution in [2.45, 2.75) is 45.4 Å². The van der Waals surface area contributed by atoms with Crippen LogP contribution in [0.1, 0.15) is 49.4 Å². The summed E-state index contributed by atoms with van der Waals surface area (Å²) < 4.78 is 0. The molecule has 0 unspecified atom stereocenters.